The first kappa shape index (κ1) is 8.97. The quantitative estimate of drug-likeness (QED) is 0.574. The van der Waals surface area contributed by atoms with Gasteiger partial charge in [0.1, 0.15) is 0 Å². The molecule has 2 unspecified atom stereocenters. The number of hydrogen-bond donors (Lipinski definition) is 2. The zero-order valence-electron chi connectivity index (χ0n) is 7.51. The summed E-state index contributed by atoms with van der Waals surface area (Å²) in [5, 5.41) is 3.44. The molecule has 3 heteroatoms. The molecule has 0 aromatic heterocycles. The van der Waals surface area contributed by atoms with Gasteiger partial charge in [-0.25, -0.2) is 0 Å². The molecule has 66 valence electrons. The summed E-state index contributed by atoms with van der Waals surface area (Å²) in [6, 6.07) is 1.24. The Morgan fingerprint density at radius 3 is 2.91 bits per heavy atom. The molecule has 1 aliphatic heterocycles. The Labute approximate surface area is 68.9 Å². The second-order valence-electron chi connectivity index (χ2n) is 3.31. The van der Waals surface area contributed by atoms with E-state index in [1.54, 1.807) is 0 Å². The lowest BCUT2D eigenvalue weighted by Crippen LogP contribution is -2.56. The zero-order valence-corrected chi connectivity index (χ0v) is 7.51. The molecule has 0 aromatic rings. The molecular weight excluding hydrogens is 138 g/mol. The highest BCUT2D eigenvalue weighted by Gasteiger charge is 2.22. The summed E-state index contributed by atoms with van der Waals surface area (Å²) in [5.74, 6) is 0. The molecule has 0 bridgehead atoms. The molecule has 1 fully saturated rings. The molecule has 1 rings (SSSR count). The van der Waals surface area contributed by atoms with Crippen molar-refractivity contribution in [1.82, 2.24) is 10.2 Å². The predicted molar refractivity (Wildman–Crippen MR) is 47.6 cm³/mol. The Bertz CT molecular complexity index is 114. The van der Waals surface area contributed by atoms with Crippen LogP contribution in [0.15, 0.2) is 0 Å². The lowest BCUT2D eigenvalue weighted by atomic mass is 10.1. The Balaban J connectivity index is 2.38. The Hall–Kier alpha value is -0.120. The first-order valence-corrected chi connectivity index (χ1v) is 4.43. The van der Waals surface area contributed by atoms with Gasteiger partial charge in [-0.05, 0) is 13.8 Å². The fraction of sp³-hybridized carbons (Fsp3) is 1.00. The predicted octanol–water partition coefficient (Wildman–Crippen LogP) is -0.373. The van der Waals surface area contributed by atoms with E-state index in [0.29, 0.717) is 12.1 Å². The smallest absolute Gasteiger partial charge is 0.0219 e. The first-order chi connectivity index (χ1) is 5.25. The summed E-state index contributed by atoms with van der Waals surface area (Å²) in [4.78, 5) is 2.45. The molecule has 0 saturated carbocycles. The molecule has 2 atom stereocenters. The van der Waals surface area contributed by atoms with Crippen LogP contribution in [-0.2, 0) is 0 Å². The van der Waals surface area contributed by atoms with E-state index >= 15 is 0 Å². The third kappa shape index (κ3) is 2.15. The van der Waals surface area contributed by atoms with Crippen molar-refractivity contribution >= 4 is 0 Å². The number of nitrogens with zero attached hydrogens (tertiary/aromatic N) is 1. The van der Waals surface area contributed by atoms with E-state index in [1.807, 2.05) is 0 Å². The highest BCUT2D eigenvalue weighted by atomic mass is 15.2. The van der Waals surface area contributed by atoms with Crippen LogP contribution in [0.4, 0.5) is 0 Å². The molecule has 0 radical (unpaired) electrons. The van der Waals surface area contributed by atoms with Crippen molar-refractivity contribution in [1.29, 1.82) is 0 Å². The second-order valence-corrected chi connectivity index (χ2v) is 3.31. The fourth-order valence-electron chi connectivity index (χ4n) is 1.61. The normalized spacial score (nSPS) is 34.1. The standard InChI is InChI=1S/C8H19N3/c1-7-8(2)11(5-3-9)6-4-10-7/h7-8,10H,3-6,9H2,1-2H3. The van der Waals surface area contributed by atoms with Crippen LogP contribution in [-0.4, -0.2) is 43.2 Å². The van der Waals surface area contributed by atoms with Crippen molar-refractivity contribution in [3.63, 3.8) is 0 Å². The van der Waals surface area contributed by atoms with Gasteiger partial charge >= 0.3 is 0 Å². The van der Waals surface area contributed by atoms with Crippen LogP contribution in [0.3, 0.4) is 0 Å². The summed E-state index contributed by atoms with van der Waals surface area (Å²) in [6.07, 6.45) is 0. The molecule has 1 saturated heterocycles. The largest absolute Gasteiger partial charge is 0.329 e. The highest BCUT2D eigenvalue weighted by Crippen LogP contribution is 2.06. The van der Waals surface area contributed by atoms with Gasteiger partial charge in [-0.3, -0.25) is 4.90 Å². The molecule has 11 heavy (non-hydrogen) atoms. The number of piperazine rings is 1. The Morgan fingerprint density at radius 2 is 2.27 bits per heavy atom. The number of nitrogens with two attached hydrogens (primary N) is 1. The van der Waals surface area contributed by atoms with Gasteiger partial charge in [-0.15, -0.1) is 0 Å². The van der Waals surface area contributed by atoms with Crippen LogP contribution >= 0.6 is 0 Å². The van der Waals surface area contributed by atoms with E-state index in [4.69, 9.17) is 5.73 Å². The Morgan fingerprint density at radius 1 is 1.55 bits per heavy atom. The minimum absolute atomic E-state index is 0.607. The molecule has 0 aromatic carbocycles. The fourth-order valence-corrected chi connectivity index (χ4v) is 1.61. The van der Waals surface area contributed by atoms with Gasteiger partial charge in [0.15, 0.2) is 0 Å². The minimum Gasteiger partial charge on any atom is -0.329 e. The molecular formula is C8H19N3. The number of hydrogen-bond acceptors (Lipinski definition) is 3. The Kier molecular flexibility index (Phi) is 3.30. The monoisotopic (exact) mass is 157 g/mol. The average Bonchev–Trinajstić information content (AvgIpc) is 1.99. The van der Waals surface area contributed by atoms with Crippen molar-refractivity contribution in [2.24, 2.45) is 5.73 Å². The van der Waals surface area contributed by atoms with Gasteiger partial charge in [0, 0.05) is 38.3 Å². The van der Waals surface area contributed by atoms with Crippen LogP contribution in [0.5, 0.6) is 0 Å². The molecule has 1 aliphatic rings. The summed E-state index contributed by atoms with van der Waals surface area (Å²) in [5.41, 5.74) is 5.50. The third-order valence-electron chi connectivity index (χ3n) is 2.58. The topological polar surface area (TPSA) is 41.3 Å². The maximum Gasteiger partial charge on any atom is 0.0219 e. The van der Waals surface area contributed by atoms with Crippen molar-refractivity contribution in [2.45, 2.75) is 25.9 Å². The lowest BCUT2D eigenvalue weighted by molar-refractivity contribution is 0.142. The SMILES string of the molecule is CC1NCCN(CCN)C1C. The van der Waals surface area contributed by atoms with Crippen molar-refractivity contribution in [3.8, 4) is 0 Å². The highest BCUT2D eigenvalue weighted by molar-refractivity contribution is 4.83. The summed E-state index contributed by atoms with van der Waals surface area (Å²) in [6.45, 7) is 8.54. The maximum absolute atomic E-state index is 5.50. The van der Waals surface area contributed by atoms with Crippen LogP contribution < -0.4 is 11.1 Å². The molecule has 1 heterocycles. The van der Waals surface area contributed by atoms with Gasteiger partial charge in [-0.1, -0.05) is 0 Å². The molecule has 0 aliphatic carbocycles. The van der Waals surface area contributed by atoms with Crippen LogP contribution in [0.25, 0.3) is 0 Å². The number of rotatable bonds is 2. The van der Waals surface area contributed by atoms with Crippen molar-refractivity contribution in [3.05, 3.63) is 0 Å². The van der Waals surface area contributed by atoms with E-state index in [9.17, 15) is 0 Å². The maximum atomic E-state index is 5.50. The van der Waals surface area contributed by atoms with Crippen LogP contribution in [0.2, 0.25) is 0 Å². The van der Waals surface area contributed by atoms with Crippen LogP contribution in [0, 0.1) is 0 Å². The van der Waals surface area contributed by atoms with E-state index in [0.717, 1.165) is 26.2 Å². The summed E-state index contributed by atoms with van der Waals surface area (Å²) in [7, 11) is 0. The number of nitrogens with one attached hydrogen (secondary N) is 1. The molecule has 3 N–H and O–H groups in total. The van der Waals surface area contributed by atoms with Crippen molar-refractivity contribution < 1.29 is 0 Å². The zero-order chi connectivity index (χ0) is 8.27. The molecule has 0 spiro atoms. The average molecular weight is 157 g/mol. The van der Waals surface area contributed by atoms with Gasteiger partial charge in [0.25, 0.3) is 0 Å². The first-order valence-electron chi connectivity index (χ1n) is 4.43. The van der Waals surface area contributed by atoms with Gasteiger partial charge in [-0.2, -0.15) is 0 Å². The lowest BCUT2D eigenvalue weighted by Gasteiger charge is -2.38. The van der Waals surface area contributed by atoms with E-state index in [-0.39, 0.29) is 0 Å². The van der Waals surface area contributed by atoms with E-state index in [2.05, 4.69) is 24.1 Å². The van der Waals surface area contributed by atoms with E-state index in [1.165, 1.54) is 0 Å². The van der Waals surface area contributed by atoms with E-state index < -0.39 is 0 Å². The third-order valence-corrected chi connectivity index (χ3v) is 2.58. The van der Waals surface area contributed by atoms with Gasteiger partial charge in [0.2, 0.25) is 0 Å². The van der Waals surface area contributed by atoms with Gasteiger partial charge in [0.05, 0.1) is 0 Å². The summed E-state index contributed by atoms with van der Waals surface area (Å²) >= 11 is 0. The summed E-state index contributed by atoms with van der Waals surface area (Å²) < 4.78 is 0. The molecule has 3 nitrogen and oxygen atoms in total. The minimum atomic E-state index is 0.607. The molecule has 0 amide bonds. The van der Waals surface area contributed by atoms with Crippen molar-refractivity contribution in [2.75, 3.05) is 26.2 Å². The van der Waals surface area contributed by atoms with Gasteiger partial charge < -0.3 is 11.1 Å². The second kappa shape index (κ2) is 4.04. The van der Waals surface area contributed by atoms with Crippen LogP contribution in [0.1, 0.15) is 13.8 Å².